The molecule has 0 saturated carbocycles. The van der Waals surface area contributed by atoms with Gasteiger partial charge in [0.05, 0.1) is 18.4 Å². The van der Waals surface area contributed by atoms with E-state index in [-0.39, 0.29) is 5.97 Å². The quantitative estimate of drug-likeness (QED) is 0.546. The van der Waals surface area contributed by atoms with Gasteiger partial charge in [-0.05, 0) is 18.6 Å². The van der Waals surface area contributed by atoms with Crippen molar-refractivity contribution in [3.05, 3.63) is 21.9 Å². The average Bonchev–Trinajstić information content (AvgIpc) is 2.61. The summed E-state index contributed by atoms with van der Waals surface area (Å²) < 4.78 is 4.50. The Labute approximate surface area is 80.3 Å². The zero-order chi connectivity index (χ0) is 9.68. The van der Waals surface area contributed by atoms with Crippen LogP contribution in [-0.2, 0) is 16.0 Å². The third-order valence-electron chi connectivity index (χ3n) is 1.60. The van der Waals surface area contributed by atoms with E-state index in [2.05, 4.69) is 4.74 Å². The number of rotatable bonds is 4. The Kier molecular flexibility index (Phi) is 3.64. The standard InChI is InChI=1S/C9H10O3S/c1-12-9(11)5-4-7-2-3-8(6-10)13-7/h2-3,6H,4-5H2,1H3. The zero-order valence-corrected chi connectivity index (χ0v) is 8.10. The molecule has 0 fully saturated rings. The summed E-state index contributed by atoms with van der Waals surface area (Å²) in [4.78, 5) is 22.8. The molecule has 0 radical (unpaired) electrons. The largest absolute Gasteiger partial charge is 0.469 e. The topological polar surface area (TPSA) is 43.4 Å². The number of ether oxygens (including phenoxy) is 1. The molecule has 0 atom stereocenters. The van der Waals surface area contributed by atoms with Gasteiger partial charge in [0.15, 0.2) is 6.29 Å². The Balaban J connectivity index is 2.45. The monoisotopic (exact) mass is 198 g/mol. The maximum atomic E-state index is 10.8. The van der Waals surface area contributed by atoms with Gasteiger partial charge in [0.2, 0.25) is 0 Å². The van der Waals surface area contributed by atoms with Gasteiger partial charge in [0, 0.05) is 4.88 Å². The minimum Gasteiger partial charge on any atom is -0.469 e. The van der Waals surface area contributed by atoms with Gasteiger partial charge in [-0.3, -0.25) is 9.59 Å². The summed E-state index contributed by atoms with van der Waals surface area (Å²) in [5.41, 5.74) is 0. The number of aryl methyl sites for hydroxylation is 1. The fourth-order valence-electron chi connectivity index (χ4n) is 0.920. The molecule has 0 saturated heterocycles. The Morgan fingerprint density at radius 2 is 2.38 bits per heavy atom. The highest BCUT2D eigenvalue weighted by Gasteiger charge is 2.03. The number of carbonyl (C=O) groups excluding carboxylic acids is 2. The van der Waals surface area contributed by atoms with Crippen molar-refractivity contribution >= 4 is 23.6 Å². The maximum Gasteiger partial charge on any atom is 0.305 e. The highest BCUT2D eigenvalue weighted by Crippen LogP contribution is 2.16. The molecule has 1 rings (SSSR count). The van der Waals surface area contributed by atoms with Gasteiger partial charge in [-0.1, -0.05) is 0 Å². The molecule has 0 amide bonds. The van der Waals surface area contributed by atoms with Crippen molar-refractivity contribution in [2.45, 2.75) is 12.8 Å². The first-order chi connectivity index (χ1) is 6.26. The highest BCUT2D eigenvalue weighted by molar-refractivity contribution is 7.13. The van der Waals surface area contributed by atoms with Crippen molar-refractivity contribution in [2.75, 3.05) is 7.11 Å². The molecule has 13 heavy (non-hydrogen) atoms. The summed E-state index contributed by atoms with van der Waals surface area (Å²) in [5, 5.41) is 0. The van der Waals surface area contributed by atoms with E-state index >= 15 is 0 Å². The number of aldehydes is 1. The van der Waals surface area contributed by atoms with Crippen LogP contribution in [0.3, 0.4) is 0 Å². The third-order valence-corrected chi connectivity index (χ3v) is 2.67. The second-order valence-corrected chi connectivity index (χ2v) is 3.70. The second-order valence-electron chi connectivity index (χ2n) is 2.50. The Bertz CT molecular complexity index is 304. The Hall–Kier alpha value is -1.16. The molecule has 1 heterocycles. The lowest BCUT2D eigenvalue weighted by atomic mass is 10.3. The third kappa shape index (κ3) is 2.99. The molecule has 1 aromatic heterocycles. The first-order valence-electron chi connectivity index (χ1n) is 3.87. The average molecular weight is 198 g/mol. The fraction of sp³-hybridized carbons (Fsp3) is 0.333. The van der Waals surface area contributed by atoms with Crippen molar-refractivity contribution < 1.29 is 14.3 Å². The first-order valence-corrected chi connectivity index (χ1v) is 4.68. The number of carbonyl (C=O) groups is 2. The van der Waals surface area contributed by atoms with Crippen molar-refractivity contribution in [1.82, 2.24) is 0 Å². The summed E-state index contributed by atoms with van der Waals surface area (Å²) in [6, 6.07) is 3.61. The molecule has 4 heteroatoms. The minimum absolute atomic E-state index is 0.221. The van der Waals surface area contributed by atoms with E-state index in [0.29, 0.717) is 17.7 Å². The summed E-state index contributed by atoms with van der Waals surface area (Å²) in [6.45, 7) is 0. The van der Waals surface area contributed by atoms with E-state index in [0.717, 1.165) is 11.2 Å². The van der Waals surface area contributed by atoms with Crippen LogP contribution in [0.2, 0.25) is 0 Å². The van der Waals surface area contributed by atoms with Gasteiger partial charge in [0.25, 0.3) is 0 Å². The molecule has 0 aliphatic rings. The van der Waals surface area contributed by atoms with Gasteiger partial charge in [0.1, 0.15) is 0 Å². The van der Waals surface area contributed by atoms with Crippen molar-refractivity contribution in [2.24, 2.45) is 0 Å². The van der Waals surface area contributed by atoms with Crippen LogP contribution in [0.1, 0.15) is 21.0 Å². The molecule has 0 N–H and O–H groups in total. The van der Waals surface area contributed by atoms with E-state index in [1.807, 2.05) is 6.07 Å². The molecule has 0 aliphatic heterocycles. The molecule has 0 aliphatic carbocycles. The van der Waals surface area contributed by atoms with Gasteiger partial charge in [-0.2, -0.15) is 0 Å². The summed E-state index contributed by atoms with van der Waals surface area (Å²) in [5.74, 6) is -0.221. The fourth-order valence-corrected chi connectivity index (χ4v) is 1.75. The molecule has 1 aromatic rings. The van der Waals surface area contributed by atoms with Crippen LogP contribution in [0.5, 0.6) is 0 Å². The number of methoxy groups -OCH3 is 1. The lowest BCUT2D eigenvalue weighted by Crippen LogP contribution is -2.00. The lowest BCUT2D eigenvalue weighted by Gasteiger charge is -1.95. The highest BCUT2D eigenvalue weighted by atomic mass is 32.1. The maximum absolute atomic E-state index is 10.8. The second kappa shape index (κ2) is 4.77. The smallest absolute Gasteiger partial charge is 0.305 e. The summed E-state index contributed by atoms with van der Waals surface area (Å²) in [6.07, 6.45) is 1.83. The Morgan fingerprint density at radius 3 is 2.92 bits per heavy atom. The van der Waals surface area contributed by atoms with E-state index in [9.17, 15) is 9.59 Å². The number of thiophene rings is 1. The Morgan fingerprint density at radius 1 is 1.62 bits per heavy atom. The van der Waals surface area contributed by atoms with E-state index < -0.39 is 0 Å². The first kappa shape index (κ1) is 9.92. The molecule has 0 aromatic carbocycles. The van der Waals surface area contributed by atoms with Crippen molar-refractivity contribution in [3.8, 4) is 0 Å². The molecule has 0 bridgehead atoms. The van der Waals surface area contributed by atoms with Crippen LogP contribution in [0.4, 0.5) is 0 Å². The molecule has 3 nitrogen and oxygen atoms in total. The normalized spacial score (nSPS) is 9.62. The summed E-state index contributed by atoms with van der Waals surface area (Å²) >= 11 is 1.41. The molecular weight excluding hydrogens is 188 g/mol. The number of esters is 1. The van der Waals surface area contributed by atoms with Crippen LogP contribution >= 0.6 is 11.3 Å². The predicted molar refractivity (Wildman–Crippen MR) is 50.0 cm³/mol. The van der Waals surface area contributed by atoms with Gasteiger partial charge in [-0.25, -0.2) is 0 Å². The summed E-state index contributed by atoms with van der Waals surface area (Å²) in [7, 11) is 1.37. The van der Waals surface area contributed by atoms with Crippen LogP contribution in [0.25, 0.3) is 0 Å². The SMILES string of the molecule is COC(=O)CCc1ccc(C=O)s1. The van der Waals surface area contributed by atoms with Gasteiger partial charge in [-0.15, -0.1) is 11.3 Å². The number of hydrogen-bond acceptors (Lipinski definition) is 4. The zero-order valence-electron chi connectivity index (χ0n) is 7.28. The lowest BCUT2D eigenvalue weighted by molar-refractivity contribution is -0.140. The minimum atomic E-state index is -0.221. The molecule has 0 spiro atoms. The van der Waals surface area contributed by atoms with E-state index in [1.165, 1.54) is 18.4 Å². The molecule has 0 unspecified atom stereocenters. The van der Waals surface area contributed by atoms with Crippen LogP contribution < -0.4 is 0 Å². The number of hydrogen-bond donors (Lipinski definition) is 0. The van der Waals surface area contributed by atoms with Crippen molar-refractivity contribution in [3.63, 3.8) is 0 Å². The molecular formula is C9H10O3S. The van der Waals surface area contributed by atoms with Crippen LogP contribution in [0.15, 0.2) is 12.1 Å². The van der Waals surface area contributed by atoms with Crippen molar-refractivity contribution in [1.29, 1.82) is 0 Å². The van der Waals surface area contributed by atoms with Crippen LogP contribution in [0, 0.1) is 0 Å². The molecule has 70 valence electrons. The van der Waals surface area contributed by atoms with Crippen LogP contribution in [-0.4, -0.2) is 19.4 Å². The van der Waals surface area contributed by atoms with E-state index in [4.69, 9.17) is 0 Å². The predicted octanol–water partition coefficient (Wildman–Crippen LogP) is 1.67. The van der Waals surface area contributed by atoms with Gasteiger partial charge >= 0.3 is 5.97 Å². The van der Waals surface area contributed by atoms with Gasteiger partial charge < -0.3 is 4.74 Å². The van der Waals surface area contributed by atoms with E-state index in [1.54, 1.807) is 6.07 Å².